The lowest BCUT2D eigenvalue weighted by molar-refractivity contribution is 0.224. The Hall–Kier alpha value is -0.130. The van der Waals surface area contributed by atoms with Gasteiger partial charge in [0.15, 0.2) is 9.84 Å². The molecule has 0 spiro atoms. The normalized spacial score (nSPS) is 14.4. The highest BCUT2D eigenvalue weighted by Gasteiger charge is 2.29. The number of hydrogen-bond donors (Lipinski definition) is 1. The van der Waals surface area contributed by atoms with Crippen molar-refractivity contribution in [3.8, 4) is 0 Å². The first-order chi connectivity index (χ1) is 7.41. The van der Waals surface area contributed by atoms with Crippen LogP contribution in [0.25, 0.3) is 0 Å². The Balaban J connectivity index is 4.32. The van der Waals surface area contributed by atoms with Crippen molar-refractivity contribution in [1.29, 1.82) is 0 Å². The quantitative estimate of drug-likeness (QED) is 0.781. The van der Waals surface area contributed by atoms with E-state index in [0.717, 1.165) is 6.54 Å². The van der Waals surface area contributed by atoms with Crippen LogP contribution < -0.4 is 5.73 Å². The summed E-state index contributed by atoms with van der Waals surface area (Å²) in [7, 11) is -1.09. The highest BCUT2D eigenvalue weighted by molar-refractivity contribution is 7.92. The van der Waals surface area contributed by atoms with E-state index in [9.17, 15) is 8.42 Å². The maximum absolute atomic E-state index is 11.9. The topological polar surface area (TPSA) is 63.4 Å². The van der Waals surface area contributed by atoms with Gasteiger partial charge in [-0.25, -0.2) is 8.42 Å². The molecule has 0 saturated carbocycles. The molecule has 0 aromatic rings. The van der Waals surface area contributed by atoms with E-state index < -0.39 is 14.6 Å². The van der Waals surface area contributed by atoms with Gasteiger partial charge in [0.2, 0.25) is 0 Å². The van der Waals surface area contributed by atoms with Gasteiger partial charge in [-0.2, -0.15) is 0 Å². The van der Waals surface area contributed by atoms with Gasteiger partial charge in [-0.1, -0.05) is 13.8 Å². The van der Waals surface area contributed by atoms with Crippen LogP contribution in [0.3, 0.4) is 0 Å². The standard InChI is InChI=1S/C12H28N2O2S/c1-11(2,3)17(15,16)8-7-14(6)10-12(4,5)9-13/h7-10,13H2,1-6H3. The average molecular weight is 264 g/mol. The van der Waals surface area contributed by atoms with E-state index in [1.54, 1.807) is 20.8 Å². The van der Waals surface area contributed by atoms with E-state index in [0.29, 0.717) is 13.1 Å². The van der Waals surface area contributed by atoms with Crippen molar-refractivity contribution in [2.24, 2.45) is 11.1 Å². The van der Waals surface area contributed by atoms with Crippen LogP contribution in [0.4, 0.5) is 0 Å². The first kappa shape index (κ1) is 16.9. The molecule has 0 aliphatic rings. The van der Waals surface area contributed by atoms with Crippen molar-refractivity contribution < 1.29 is 8.42 Å². The van der Waals surface area contributed by atoms with Crippen LogP contribution in [-0.2, 0) is 9.84 Å². The first-order valence-corrected chi connectivity index (χ1v) is 7.67. The van der Waals surface area contributed by atoms with Crippen molar-refractivity contribution in [3.05, 3.63) is 0 Å². The Bertz CT molecular complexity index is 329. The van der Waals surface area contributed by atoms with Crippen molar-refractivity contribution in [1.82, 2.24) is 4.90 Å². The Kier molecular flexibility index (Phi) is 5.63. The van der Waals surface area contributed by atoms with Crippen molar-refractivity contribution in [3.63, 3.8) is 0 Å². The lowest BCUT2D eigenvalue weighted by Crippen LogP contribution is -2.40. The van der Waals surface area contributed by atoms with Gasteiger partial charge in [0.1, 0.15) is 0 Å². The molecule has 0 saturated heterocycles. The van der Waals surface area contributed by atoms with Crippen LogP contribution in [0.1, 0.15) is 34.6 Å². The summed E-state index contributed by atoms with van der Waals surface area (Å²) in [5.74, 6) is 0.202. The maximum Gasteiger partial charge on any atom is 0.156 e. The third kappa shape index (κ3) is 5.84. The minimum atomic E-state index is -3.03. The fourth-order valence-corrected chi connectivity index (χ4v) is 2.62. The monoisotopic (exact) mass is 264 g/mol. The molecule has 0 aliphatic carbocycles. The SMILES string of the molecule is CN(CCS(=O)(=O)C(C)(C)C)CC(C)(C)CN. The molecule has 0 rings (SSSR count). The van der Waals surface area contributed by atoms with Crippen molar-refractivity contribution in [2.75, 3.05) is 32.4 Å². The fraction of sp³-hybridized carbons (Fsp3) is 1.00. The summed E-state index contributed by atoms with van der Waals surface area (Å²) < 4.78 is 23.2. The van der Waals surface area contributed by atoms with E-state index in [1.165, 1.54) is 0 Å². The fourth-order valence-electron chi connectivity index (χ4n) is 1.46. The second-order valence-corrected chi connectivity index (χ2v) is 9.40. The highest BCUT2D eigenvalue weighted by atomic mass is 32.2. The van der Waals surface area contributed by atoms with Gasteiger partial charge in [-0.3, -0.25) is 0 Å². The predicted molar refractivity (Wildman–Crippen MR) is 73.9 cm³/mol. The molecule has 0 amide bonds. The molecule has 0 atom stereocenters. The number of nitrogens with zero attached hydrogens (tertiary/aromatic N) is 1. The van der Waals surface area contributed by atoms with Crippen LogP contribution >= 0.6 is 0 Å². The van der Waals surface area contributed by atoms with Crippen LogP contribution in [0.2, 0.25) is 0 Å². The summed E-state index contributed by atoms with van der Waals surface area (Å²) in [5, 5.41) is 0. The molecule has 0 heterocycles. The zero-order valence-electron chi connectivity index (χ0n) is 12.1. The summed E-state index contributed by atoms with van der Waals surface area (Å²) in [6.45, 7) is 11.4. The number of rotatable bonds is 6. The van der Waals surface area contributed by atoms with Gasteiger partial charge in [-0.15, -0.1) is 0 Å². The maximum atomic E-state index is 11.9. The molecular weight excluding hydrogens is 236 g/mol. The summed E-state index contributed by atoms with van der Waals surface area (Å²) in [5.41, 5.74) is 5.69. The molecular formula is C12H28N2O2S. The third-order valence-corrected chi connectivity index (χ3v) is 5.51. The Labute approximate surface area is 106 Å². The first-order valence-electron chi connectivity index (χ1n) is 6.02. The molecule has 2 N–H and O–H groups in total. The van der Waals surface area contributed by atoms with Gasteiger partial charge in [0.05, 0.1) is 10.5 Å². The Morgan fingerprint density at radius 3 is 1.94 bits per heavy atom. The lowest BCUT2D eigenvalue weighted by atomic mass is 9.93. The zero-order valence-corrected chi connectivity index (χ0v) is 12.9. The van der Waals surface area contributed by atoms with Crippen molar-refractivity contribution >= 4 is 9.84 Å². The third-order valence-electron chi connectivity index (χ3n) is 2.93. The highest BCUT2D eigenvalue weighted by Crippen LogP contribution is 2.17. The summed E-state index contributed by atoms with van der Waals surface area (Å²) in [4.78, 5) is 2.04. The van der Waals surface area contributed by atoms with E-state index in [1.807, 2.05) is 11.9 Å². The van der Waals surface area contributed by atoms with Crippen molar-refractivity contribution in [2.45, 2.75) is 39.4 Å². The molecule has 5 heteroatoms. The number of sulfone groups is 1. The summed E-state index contributed by atoms with van der Waals surface area (Å²) >= 11 is 0. The van der Waals surface area contributed by atoms with Crippen LogP contribution in [0.15, 0.2) is 0 Å². The average Bonchev–Trinajstić information content (AvgIpc) is 2.12. The van der Waals surface area contributed by atoms with Gasteiger partial charge < -0.3 is 10.6 Å². The molecule has 0 aromatic heterocycles. The predicted octanol–water partition coefficient (Wildman–Crippen LogP) is 1.12. The lowest BCUT2D eigenvalue weighted by Gasteiger charge is -2.29. The second-order valence-electron chi connectivity index (χ2n) is 6.54. The van der Waals surface area contributed by atoms with Crippen LogP contribution in [-0.4, -0.2) is 50.5 Å². The van der Waals surface area contributed by atoms with Gasteiger partial charge >= 0.3 is 0 Å². The summed E-state index contributed by atoms with van der Waals surface area (Å²) in [6, 6.07) is 0. The molecule has 4 nitrogen and oxygen atoms in total. The molecule has 0 bridgehead atoms. The molecule has 0 aliphatic heterocycles. The molecule has 0 radical (unpaired) electrons. The van der Waals surface area contributed by atoms with Crippen LogP contribution in [0, 0.1) is 5.41 Å². The van der Waals surface area contributed by atoms with Crippen LogP contribution in [0.5, 0.6) is 0 Å². The molecule has 0 fully saturated rings. The second kappa shape index (κ2) is 5.67. The van der Waals surface area contributed by atoms with Gasteiger partial charge in [0, 0.05) is 13.1 Å². The smallest absolute Gasteiger partial charge is 0.156 e. The van der Waals surface area contributed by atoms with E-state index in [4.69, 9.17) is 5.73 Å². The molecule has 104 valence electrons. The minimum Gasteiger partial charge on any atom is -0.330 e. The Morgan fingerprint density at radius 2 is 1.59 bits per heavy atom. The van der Waals surface area contributed by atoms with Gasteiger partial charge in [0.25, 0.3) is 0 Å². The largest absolute Gasteiger partial charge is 0.330 e. The molecule has 0 aromatic carbocycles. The number of nitrogens with two attached hydrogens (primary N) is 1. The Morgan fingerprint density at radius 1 is 1.12 bits per heavy atom. The van der Waals surface area contributed by atoms with Gasteiger partial charge in [-0.05, 0) is 39.8 Å². The minimum absolute atomic E-state index is 0.0280. The number of hydrogen-bond acceptors (Lipinski definition) is 4. The van der Waals surface area contributed by atoms with E-state index >= 15 is 0 Å². The zero-order chi connectivity index (χ0) is 13.9. The summed E-state index contributed by atoms with van der Waals surface area (Å²) in [6.07, 6.45) is 0. The van der Waals surface area contributed by atoms with E-state index in [-0.39, 0.29) is 11.2 Å². The molecule has 0 unspecified atom stereocenters. The molecule has 17 heavy (non-hydrogen) atoms. The van der Waals surface area contributed by atoms with E-state index in [2.05, 4.69) is 13.8 Å².